The third kappa shape index (κ3) is 7.55. The molecule has 0 aliphatic carbocycles. The third-order valence-corrected chi connectivity index (χ3v) is 1.42. The van der Waals surface area contributed by atoms with Crippen LogP contribution in [-0.4, -0.2) is 42.2 Å². The number of nitrogens with zero attached hydrogens (tertiary/aromatic N) is 3. The summed E-state index contributed by atoms with van der Waals surface area (Å²) in [6.07, 6.45) is 0.140. The van der Waals surface area contributed by atoms with Crippen LogP contribution in [0.15, 0.2) is 5.11 Å². The lowest BCUT2D eigenvalue weighted by atomic mass is 10.3. The zero-order valence-electron chi connectivity index (χ0n) is 7.63. The molecule has 0 aromatic heterocycles. The molecule has 0 heterocycles. The van der Waals surface area contributed by atoms with Crippen LogP contribution in [0.1, 0.15) is 13.3 Å². The van der Waals surface area contributed by atoms with Crippen molar-refractivity contribution in [3.63, 3.8) is 0 Å². The maximum atomic E-state index is 8.87. The van der Waals surface area contributed by atoms with E-state index in [2.05, 4.69) is 10.0 Å². The molecule has 0 aliphatic rings. The highest BCUT2D eigenvalue weighted by molar-refractivity contribution is 4.64. The van der Waals surface area contributed by atoms with E-state index in [0.29, 0.717) is 13.0 Å². The van der Waals surface area contributed by atoms with Crippen molar-refractivity contribution in [3.8, 4) is 0 Å². The van der Waals surface area contributed by atoms with Crippen LogP contribution in [0.2, 0.25) is 0 Å². The summed E-state index contributed by atoms with van der Waals surface area (Å²) in [6.45, 7) is 2.03. The van der Waals surface area contributed by atoms with Crippen LogP contribution < -0.4 is 0 Å². The Balaban J connectivity index is 3.43. The molecule has 0 aromatic rings. The van der Waals surface area contributed by atoms with Crippen LogP contribution in [0.4, 0.5) is 0 Å². The topological polar surface area (TPSA) is 98.5 Å². The Hall–Kier alpha value is -0.810. The van der Waals surface area contributed by atoms with E-state index in [1.54, 1.807) is 6.92 Å². The van der Waals surface area contributed by atoms with Gasteiger partial charge < -0.3 is 14.9 Å². The van der Waals surface area contributed by atoms with Crippen molar-refractivity contribution in [3.05, 3.63) is 10.4 Å². The zero-order valence-corrected chi connectivity index (χ0v) is 7.63. The standard InChI is InChI=1S/C7H15N3O3/c1-6(12)2-3-13-5-7(4-11)9-10-8/h6-7,11-12H,2-5H2,1H3. The molecular formula is C7H15N3O3. The first-order valence-electron chi connectivity index (χ1n) is 4.11. The summed E-state index contributed by atoms with van der Waals surface area (Å²) in [6, 6.07) is -0.529. The molecule has 0 rings (SSSR count). The summed E-state index contributed by atoms with van der Waals surface area (Å²) in [5.74, 6) is 0. The van der Waals surface area contributed by atoms with E-state index in [4.69, 9.17) is 20.5 Å². The Morgan fingerprint density at radius 1 is 1.62 bits per heavy atom. The van der Waals surface area contributed by atoms with E-state index in [1.807, 2.05) is 0 Å². The van der Waals surface area contributed by atoms with Crippen LogP contribution in [0.5, 0.6) is 0 Å². The van der Waals surface area contributed by atoms with Gasteiger partial charge in [-0.15, -0.1) is 0 Å². The van der Waals surface area contributed by atoms with Gasteiger partial charge in [0.2, 0.25) is 0 Å². The Bertz CT molecular complexity index is 168. The van der Waals surface area contributed by atoms with Crippen LogP contribution in [0.25, 0.3) is 10.4 Å². The molecule has 0 amide bonds. The average molecular weight is 189 g/mol. The molecule has 76 valence electrons. The molecule has 0 fully saturated rings. The summed E-state index contributed by atoms with van der Waals surface area (Å²) in [7, 11) is 0. The Morgan fingerprint density at radius 2 is 2.31 bits per heavy atom. The van der Waals surface area contributed by atoms with E-state index < -0.39 is 12.1 Å². The molecule has 0 aromatic carbocycles. The quantitative estimate of drug-likeness (QED) is 0.263. The van der Waals surface area contributed by atoms with Gasteiger partial charge in [-0.1, -0.05) is 5.11 Å². The van der Waals surface area contributed by atoms with Gasteiger partial charge in [0, 0.05) is 11.5 Å². The molecule has 0 bridgehead atoms. The van der Waals surface area contributed by atoms with Crippen molar-refractivity contribution < 1.29 is 14.9 Å². The molecule has 6 nitrogen and oxygen atoms in total. The van der Waals surface area contributed by atoms with Crippen molar-refractivity contribution in [1.82, 2.24) is 0 Å². The van der Waals surface area contributed by atoms with Gasteiger partial charge in [0.15, 0.2) is 0 Å². The minimum atomic E-state index is -0.529. The fourth-order valence-corrected chi connectivity index (χ4v) is 0.669. The van der Waals surface area contributed by atoms with Crippen molar-refractivity contribution >= 4 is 0 Å². The highest BCUT2D eigenvalue weighted by atomic mass is 16.5. The van der Waals surface area contributed by atoms with Gasteiger partial charge in [-0.2, -0.15) is 0 Å². The van der Waals surface area contributed by atoms with E-state index >= 15 is 0 Å². The van der Waals surface area contributed by atoms with Crippen LogP contribution in [0.3, 0.4) is 0 Å². The number of aliphatic hydroxyl groups excluding tert-OH is 2. The second-order valence-electron chi connectivity index (χ2n) is 2.75. The lowest BCUT2D eigenvalue weighted by molar-refractivity contribution is 0.0713. The molecule has 0 radical (unpaired) electrons. The van der Waals surface area contributed by atoms with Gasteiger partial charge in [0.25, 0.3) is 0 Å². The summed E-state index contributed by atoms with van der Waals surface area (Å²) in [4.78, 5) is 2.56. The summed E-state index contributed by atoms with van der Waals surface area (Å²) >= 11 is 0. The average Bonchev–Trinajstić information content (AvgIpc) is 2.10. The van der Waals surface area contributed by atoms with Crippen LogP contribution in [-0.2, 0) is 4.74 Å². The maximum Gasteiger partial charge on any atom is 0.0838 e. The third-order valence-electron chi connectivity index (χ3n) is 1.42. The molecule has 13 heavy (non-hydrogen) atoms. The number of hydrogen-bond acceptors (Lipinski definition) is 4. The van der Waals surface area contributed by atoms with Crippen LogP contribution in [0, 0.1) is 0 Å². The minimum Gasteiger partial charge on any atom is -0.396 e. The lowest BCUT2D eigenvalue weighted by Crippen LogP contribution is -2.18. The minimum absolute atomic E-state index is 0.188. The molecule has 0 aliphatic heterocycles. The predicted octanol–water partition coefficient (Wildman–Crippen LogP) is 0.445. The smallest absolute Gasteiger partial charge is 0.0838 e. The molecule has 0 spiro atoms. The summed E-state index contributed by atoms with van der Waals surface area (Å²) < 4.78 is 5.07. The molecule has 0 saturated carbocycles. The van der Waals surface area contributed by atoms with Crippen molar-refractivity contribution in [2.75, 3.05) is 19.8 Å². The Morgan fingerprint density at radius 3 is 2.77 bits per heavy atom. The monoisotopic (exact) mass is 189 g/mol. The van der Waals surface area contributed by atoms with Crippen molar-refractivity contribution in [1.29, 1.82) is 0 Å². The van der Waals surface area contributed by atoms with E-state index in [0.717, 1.165) is 0 Å². The van der Waals surface area contributed by atoms with Crippen molar-refractivity contribution in [2.24, 2.45) is 5.11 Å². The lowest BCUT2D eigenvalue weighted by Gasteiger charge is -2.09. The maximum absolute atomic E-state index is 8.87. The fraction of sp³-hybridized carbons (Fsp3) is 1.00. The normalized spacial score (nSPS) is 14.7. The van der Waals surface area contributed by atoms with Gasteiger partial charge in [-0.05, 0) is 18.9 Å². The first kappa shape index (κ1) is 12.2. The van der Waals surface area contributed by atoms with Crippen LogP contribution >= 0.6 is 0 Å². The van der Waals surface area contributed by atoms with E-state index in [9.17, 15) is 0 Å². The molecule has 0 saturated heterocycles. The Labute approximate surface area is 76.8 Å². The molecule has 2 N–H and O–H groups in total. The summed E-state index contributed by atoms with van der Waals surface area (Å²) in [5.41, 5.74) is 8.06. The van der Waals surface area contributed by atoms with Gasteiger partial charge in [0.05, 0.1) is 25.4 Å². The molecule has 2 unspecified atom stereocenters. The first-order valence-corrected chi connectivity index (χ1v) is 4.11. The van der Waals surface area contributed by atoms with E-state index in [-0.39, 0.29) is 13.2 Å². The molecular weight excluding hydrogens is 174 g/mol. The first-order chi connectivity index (χ1) is 6.20. The van der Waals surface area contributed by atoms with Gasteiger partial charge >= 0.3 is 0 Å². The number of ether oxygens (including phenoxy) is 1. The summed E-state index contributed by atoms with van der Waals surface area (Å²) in [5, 5.41) is 20.8. The predicted molar refractivity (Wildman–Crippen MR) is 47.1 cm³/mol. The number of azide groups is 1. The SMILES string of the molecule is CC(O)CCOCC(CO)N=[N+]=[N-]. The van der Waals surface area contributed by atoms with Gasteiger partial charge in [-0.3, -0.25) is 0 Å². The fourth-order valence-electron chi connectivity index (χ4n) is 0.669. The number of aliphatic hydroxyl groups is 2. The van der Waals surface area contributed by atoms with Gasteiger partial charge in [-0.25, -0.2) is 0 Å². The highest BCUT2D eigenvalue weighted by Gasteiger charge is 2.04. The Kier molecular flexibility index (Phi) is 7.33. The second kappa shape index (κ2) is 7.82. The highest BCUT2D eigenvalue weighted by Crippen LogP contribution is 1.95. The number of rotatable bonds is 7. The number of hydrogen-bond donors (Lipinski definition) is 2. The molecule has 6 heteroatoms. The van der Waals surface area contributed by atoms with Crippen molar-refractivity contribution in [2.45, 2.75) is 25.5 Å². The largest absolute Gasteiger partial charge is 0.396 e. The molecule has 2 atom stereocenters. The van der Waals surface area contributed by atoms with E-state index in [1.165, 1.54) is 0 Å². The van der Waals surface area contributed by atoms with Gasteiger partial charge in [0.1, 0.15) is 0 Å². The zero-order chi connectivity index (χ0) is 10.1. The second-order valence-corrected chi connectivity index (χ2v) is 2.75.